The molecule has 1 aromatic heterocycles. The van der Waals surface area contributed by atoms with Crippen LogP contribution in [0.2, 0.25) is 0 Å². The van der Waals surface area contributed by atoms with Gasteiger partial charge in [0.15, 0.2) is 0 Å². The van der Waals surface area contributed by atoms with Crippen molar-refractivity contribution < 1.29 is 29.3 Å². The van der Waals surface area contributed by atoms with Crippen molar-refractivity contribution in [1.29, 1.82) is 0 Å². The van der Waals surface area contributed by atoms with E-state index in [1.54, 1.807) is 20.0 Å². The first kappa shape index (κ1) is 28.9. The minimum absolute atomic E-state index is 0.00329. The Hall–Kier alpha value is -2.13. The first-order chi connectivity index (χ1) is 18.0. The number of aromatic nitrogens is 1. The maximum absolute atomic E-state index is 13.8. The third kappa shape index (κ3) is 7.29. The molecule has 38 heavy (non-hydrogen) atoms. The minimum Gasteiger partial charge on any atom is -0.392 e. The van der Waals surface area contributed by atoms with E-state index < -0.39 is 23.5 Å². The van der Waals surface area contributed by atoms with Gasteiger partial charge in [0.2, 0.25) is 5.91 Å². The van der Waals surface area contributed by atoms with E-state index in [1.807, 2.05) is 37.3 Å². The molecule has 0 aliphatic carbocycles. The van der Waals surface area contributed by atoms with Gasteiger partial charge in [-0.3, -0.25) is 14.6 Å². The Morgan fingerprint density at radius 2 is 1.95 bits per heavy atom. The van der Waals surface area contributed by atoms with Crippen LogP contribution in [0.4, 0.5) is 0 Å². The molecular formula is C30H44N2O6. The number of ether oxygens (including phenoxy) is 2. The molecule has 8 atom stereocenters. The summed E-state index contributed by atoms with van der Waals surface area (Å²) in [6, 6.07) is 5.35. The van der Waals surface area contributed by atoms with E-state index in [0.29, 0.717) is 25.9 Å². The van der Waals surface area contributed by atoms with E-state index in [-0.39, 0.29) is 47.9 Å². The Labute approximate surface area is 226 Å². The Morgan fingerprint density at radius 3 is 2.63 bits per heavy atom. The van der Waals surface area contributed by atoms with Crippen molar-refractivity contribution in [3.05, 3.63) is 36.2 Å². The van der Waals surface area contributed by atoms with E-state index in [1.165, 1.54) is 0 Å². The Kier molecular flexibility index (Phi) is 9.07. The molecule has 3 N–H and O–H groups in total. The molecule has 8 nitrogen and oxygen atoms in total. The zero-order valence-electron chi connectivity index (χ0n) is 23.1. The summed E-state index contributed by atoms with van der Waals surface area (Å²) in [6.07, 6.45) is 7.74. The highest BCUT2D eigenvalue weighted by Crippen LogP contribution is 2.44. The van der Waals surface area contributed by atoms with Crippen LogP contribution in [-0.2, 0) is 19.1 Å². The predicted octanol–water partition coefficient (Wildman–Crippen LogP) is 3.45. The fraction of sp³-hybridized carbons (Fsp3) is 0.700. The third-order valence-electron chi connectivity index (χ3n) is 8.75. The third-order valence-corrected chi connectivity index (χ3v) is 8.75. The minimum atomic E-state index is -1.19. The van der Waals surface area contributed by atoms with Crippen LogP contribution in [0.15, 0.2) is 30.5 Å². The summed E-state index contributed by atoms with van der Waals surface area (Å²) in [4.78, 5) is 31.2. The standard InChI is InChI=1S/C30H44N2O6/c1-19-8-7-14-30(4)25(38-30)16-21(11-10-20-9-5-6-15-31-20)32-26(34)17-24(33)29(2,3)28(36)23(27(19)35)13-12-22-18-37-22/h5-6,9-11,15,19,21-25,27,33,35H,7-8,12-14,16-18H2,1-4H3,(H,32,34). The van der Waals surface area contributed by atoms with Gasteiger partial charge in [-0.1, -0.05) is 39.3 Å². The molecule has 3 aliphatic heterocycles. The number of Topliss-reactive ketones (excluding diaryl/α,β-unsaturated/α-hetero) is 1. The van der Waals surface area contributed by atoms with Crippen molar-refractivity contribution >= 4 is 17.8 Å². The summed E-state index contributed by atoms with van der Waals surface area (Å²) in [5, 5.41) is 25.4. The van der Waals surface area contributed by atoms with Gasteiger partial charge >= 0.3 is 0 Å². The molecule has 0 bridgehead atoms. The van der Waals surface area contributed by atoms with Crippen molar-refractivity contribution in [1.82, 2.24) is 10.3 Å². The number of carbonyl (C=O) groups excluding carboxylic acids is 2. The lowest BCUT2D eigenvalue weighted by molar-refractivity contribution is -0.144. The Morgan fingerprint density at radius 1 is 1.18 bits per heavy atom. The summed E-state index contributed by atoms with van der Waals surface area (Å²) >= 11 is 0. The molecule has 0 spiro atoms. The number of aliphatic hydroxyl groups excluding tert-OH is 2. The maximum atomic E-state index is 13.8. The number of rotatable bonds is 5. The first-order valence-electron chi connectivity index (χ1n) is 14.1. The van der Waals surface area contributed by atoms with Gasteiger partial charge in [-0.05, 0) is 56.7 Å². The van der Waals surface area contributed by atoms with Crippen LogP contribution >= 0.6 is 0 Å². The molecule has 1 amide bonds. The average molecular weight is 529 g/mol. The fourth-order valence-electron chi connectivity index (χ4n) is 5.65. The van der Waals surface area contributed by atoms with Gasteiger partial charge in [-0.2, -0.15) is 0 Å². The second kappa shape index (κ2) is 11.9. The number of aliphatic hydroxyl groups is 2. The van der Waals surface area contributed by atoms with Crippen molar-refractivity contribution in [2.75, 3.05) is 6.61 Å². The number of fused-ring (bicyclic) bond motifs is 1. The van der Waals surface area contributed by atoms with Crippen molar-refractivity contribution in [3.8, 4) is 0 Å². The van der Waals surface area contributed by atoms with Crippen molar-refractivity contribution in [3.63, 3.8) is 0 Å². The highest BCUT2D eigenvalue weighted by Gasteiger charge is 2.52. The number of epoxide rings is 2. The lowest BCUT2D eigenvalue weighted by Gasteiger charge is -2.36. The summed E-state index contributed by atoms with van der Waals surface area (Å²) in [5.41, 5.74) is -0.680. The highest BCUT2D eigenvalue weighted by molar-refractivity contribution is 5.88. The van der Waals surface area contributed by atoms with Crippen LogP contribution in [0.3, 0.4) is 0 Å². The lowest BCUT2D eigenvalue weighted by Crippen LogP contribution is -2.48. The molecule has 4 heterocycles. The van der Waals surface area contributed by atoms with Crippen LogP contribution in [0.1, 0.15) is 78.3 Å². The van der Waals surface area contributed by atoms with Crippen LogP contribution in [-0.4, -0.2) is 69.6 Å². The number of carbonyl (C=O) groups is 2. The van der Waals surface area contributed by atoms with Gasteiger partial charge in [-0.15, -0.1) is 0 Å². The smallest absolute Gasteiger partial charge is 0.223 e. The Bertz CT molecular complexity index is 994. The predicted molar refractivity (Wildman–Crippen MR) is 144 cm³/mol. The van der Waals surface area contributed by atoms with Gasteiger partial charge in [0.05, 0.1) is 60.2 Å². The molecule has 0 radical (unpaired) electrons. The van der Waals surface area contributed by atoms with Crippen LogP contribution < -0.4 is 5.32 Å². The molecule has 8 unspecified atom stereocenters. The van der Waals surface area contributed by atoms with E-state index >= 15 is 0 Å². The molecule has 1 aromatic rings. The summed E-state index contributed by atoms with van der Waals surface area (Å²) in [7, 11) is 0. The summed E-state index contributed by atoms with van der Waals surface area (Å²) in [6.45, 7) is 8.13. The molecule has 0 aromatic carbocycles. The lowest BCUT2D eigenvalue weighted by atomic mass is 9.70. The number of hydrogen-bond acceptors (Lipinski definition) is 7. The van der Waals surface area contributed by atoms with Crippen LogP contribution in [0, 0.1) is 17.3 Å². The Balaban J connectivity index is 1.54. The molecule has 8 heteroatoms. The maximum Gasteiger partial charge on any atom is 0.223 e. The average Bonchev–Trinajstić information content (AvgIpc) is 3.80. The zero-order chi connectivity index (χ0) is 27.5. The molecule has 210 valence electrons. The molecule has 3 aliphatic rings. The van der Waals surface area contributed by atoms with Gasteiger partial charge < -0.3 is 25.0 Å². The van der Waals surface area contributed by atoms with Crippen molar-refractivity contribution in [2.45, 2.75) is 109 Å². The number of ketones is 1. The fourth-order valence-corrected chi connectivity index (χ4v) is 5.65. The molecule has 3 saturated heterocycles. The van der Waals surface area contributed by atoms with E-state index in [9.17, 15) is 19.8 Å². The van der Waals surface area contributed by atoms with Gasteiger partial charge in [-0.25, -0.2) is 0 Å². The zero-order valence-corrected chi connectivity index (χ0v) is 23.1. The van der Waals surface area contributed by atoms with E-state index in [2.05, 4.69) is 17.2 Å². The SMILES string of the molecule is CC1CCCC2(C)OC2CC(C=Cc2ccccn2)NC(=O)CC(O)C(C)(C)C(=O)C(CCC2CO2)C1O. The van der Waals surface area contributed by atoms with E-state index in [4.69, 9.17) is 9.47 Å². The summed E-state index contributed by atoms with van der Waals surface area (Å²) < 4.78 is 11.4. The molecular weight excluding hydrogens is 484 g/mol. The second-order valence-corrected chi connectivity index (χ2v) is 12.2. The topological polar surface area (TPSA) is 125 Å². The van der Waals surface area contributed by atoms with E-state index in [0.717, 1.165) is 25.0 Å². The largest absolute Gasteiger partial charge is 0.392 e. The second-order valence-electron chi connectivity index (χ2n) is 12.2. The normalized spacial score (nSPS) is 38.4. The number of nitrogens with zero attached hydrogens (tertiary/aromatic N) is 1. The van der Waals surface area contributed by atoms with Gasteiger partial charge in [0.1, 0.15) is 5.78 Å². The highest BCUT2D eigenvalue weighted by atomic mass is 16.6. The van der Waals surface area contributed by atoms with Gasteiger partial charge in [0, 0.05) is 18.5 Å². The van der Waals surface area contributed by atoms with Crippen LogP contribution in [0.25, 0.3) is 6.08 Å². The number of hydrogen-bond donors (Lipinski definition) is 3. The number of pyridine rings is 1. The summed E-state index contributed by atoms with van der Waals surface area (Å²) in [5.74, 6) is -1.23. The monoisotopic (exact) mass is 528 g/mol. The van der Waals surface area contributed by atoms with Gasteiger partial charge in [0.25, 0.3) is 0 Å². The van der Waals surface area contributed by atoms with Crippen molar-refractivity contribution in [2.24, 2.45) is 17.3 Å². The number of nitrogens with one attached hydrogen (secondary N) is 1. The molecule has 0 saturated carbocycles. The van der Waals surface area contributed by atoms with Crippen LogP contribution in [0.5, 0.6) is 0 Å². The number of amides is 1. The first-order valence-corrected chi connectivity index (χ1v) is 14.1. The molecule has 3 fully saturated rings. The molecule has 4 rings (SSSR count). The quantitative estimate of drug-likeness (QED) is 0.500.